The summed E-state index contributed by atoms with van der Waals surface area (Å²) in [6, 6.07) is 17.3. The van der Waals surface area contributed by atoms with E-state index in [0.717, 1.165) is 75.5 Å². The fraction of sp³-hybridized carbons (Fsp3) is 0.308. The van der Waals surface area contributed by atoms with Gasteiger partial charge in [0.15, 0.2) is 0 Å². The Hall–Kier alpha value is -3.16. The van der Waals surface area contributed by atoms with Crippen LogP contribution in [-0.4, -0.2) is 56.7 Å². The van der Waals surface area contributed by atoms with Crippen molar-refractivity contribution >= 4 is 49.6 Å². The molecule has 0 spiro atoms. The molecule has 1 amide bonds. The fourth-order valence-electron chi connectivity index (χ4n) is 5.07. The zero-order valence-corrected chi connectivity index (χ0v) is 19.7. The van der Waals surface area contributed by atoms with Crippen molar-refractivity contribution in [2.45, 2.75) is 13.0 Å². The van der Waals surface area contributed by atoms with Crippen molar-refractivity contribution < 1.29 is 4.79 Å². The molecule has 1 fully saturated rings. The van der Waals surface area contributed by atoms with E-state index < -0.39 is 0 Å². The molecule has 0 bridgehead atoms. The van der Waals surface area contributed by atoms with Crippen LogP contribution in [0.4, 0.5) is 11.4 Å². The number of hydrogen-bond acceptors (Lipinski definition) is 6. The molecule has 2 aromatic heterocycles. The Morgan fingerprint density at radius 3 is 2.61 bits per heavy atom. The molecule has 0 aliphatic carbocycles. The molecule has 4 aromatic rings. The van der Waals surface area contributed by atoms with Crippen molar-refractivity contribution in [2.75, 3.05) is 49.6 Å². The van der Waals surface area contributed by atoms with Crippen molar-refractivity contribution in [2.24, 2.45) is 0 Å². The van der Waals surface area contributed by atoms with E-state index in [2.05, 4.69) is 76.0 Å². The van der Waals surface area contributed by atoms with Gasteiger partial charge in [-0.3, -0.25) is 4.79 Å². The lowest BCUT2D eigenvalue weighted by Gasteiger charge is -2.29. The van der Waals surface area contributed by atoms with Gasteiger partial charge >= 0.3 is 0 Å². The summed E-state index contributed by atoms with van der Waals surface area (Å²) in [4.78, 5) is 23.2. The molecule has 6 rings (SSSR count). The van der Waals surface area contributed by atoms with Gasteiger partial charge in [-0.05, 0) is 43.3 Å². The first kappa shape index (κ1) is 20.4. The van der Waals surface area contributed by atoms with Gasteiger partial charge < -0.3 is 20.4 Å². The summed E-state index contributed by atoms with van der Waals surface area (Å²) in [5, 5.41) is 8.74. The zero-order valence-electron chi connectivity index (χ0n) is 18.9. The smallest absolute Gasteiger partial charge is 0.263 e. The van der Waals surface area contributed by atoms with Crippen molar-refractivity contribution in [3.05, 3.63) is 53.4 Å². The lowest BCUT2D eigenvalue weighted by molar-refractivity contribution is 0.0949. The maximum atomic E-state index is 12.8. The molecule has 33 heavy (non-hydrogen) atoms. The van der Waals surface area contributed by atoms with E-state index in [-0.39, 0.29) is 11.9 Å². The van der Waals surface area contributed by atoms with Gasteiger partial charge in [0, 0.05) is 72.5 Å². The van der Waals surface area contributed by atoms with Gasteiger partial charge in [-0.25, -0.2) is 4.98 Å². The number of anilines is 2. The normalized spacial score (nSPS) is 19.0. The summed E-state index contributed by atoms with van der Waals surface area (Å²) in [5.41, 5.74) is 5.33. The number of nitrogens with one attached hydrogen (secondary N) is 2. The molecule has 4 heterocycles. The van der Waals surface area contributed by atoms with Crippen molar-refractivity contribution in [3.63, 3.8) is 0 Å². The highest BCUT2D eigenvalue weighted by Gasteiger charge is 2.28. The number of nitrogens with zero attached hydrogens (tertiary/aromatic N) is 3. The number of carbonyl (C=O) groups is 1. The predicted octanol–water partition coefficient (Wildman–Crippen LogP) is 4.09. The Bertz CT molecular complexity index is 1360. The van der Waals surface area contributed by atoms with Gasteiger partial charge in [-0.2, -0.15) is 0 Å². The van der Waals surface area contributed by atoms with Crippen LogP contribution in [0.15, 0.2) is 48.5 Å². The Morgan fingerprint density at radius 2 is 1.82 bits per heavy atom. The molecule has 2 aromatic carbocycles. The Labute approximate surface area is 197 Å². The highest BCUT2D eigenvalue weighted by molar-refractivity contribution is 7.21. The molecule has 0 saturated carbocycles. The molecule has 0 radical (unpaired) electrons. The average Bonchev–Trinajstić information content (AvgIpc) is 3.20. The molecule has 2 N–H and O–H groups in total. The third kappa shape index (κ3) is 3.52. The van der Waals surface area contributed by atoms with Crippen LogP contribution in [0.1, 0.15) is 16.6 Å². The van der Waals surface area contributed by atoms with Crippen molar-refractivity contribution in [1.29, 1.82) is 0 Å². The molecule has 2 aliphatic rings. The number of fused-ring (bicyclic) bond motifs is 5. The second kappa shape index (κ2) is 8.01. The first-order valence-corrected chi connectivity index (χ1v) is 12.3. The van der Waals surface area contributed by atoms with Crippen LogP contribution in [0.25, 0.3) is 32.2 Å². The average molecular weight is 458 g/mol. The van der Waals surface area contributed by atoms with E-state index in [4.69, 9.17) is 4.98 Å². The van der Waals surface area contributed by atoms with Crippen molar-refractivity contribution in [1.82, 2.24) is 15.6 Å². The molecular weight excluding hydrogens is 430 g/mol. The van der Waals surface area contributed by atoms with Crippen LogP contribution in [0.2, 0.25) is 0 Å². The van der Waals surface area contributed by atoms with Gasteiger partial charge in [0.2, 0.25) is 0 Å². The lowest BCUT2D eigenvalue weighted by Crippen LogP contribution is -2.43. The number of likely N-dealkylation sites (N-methyl/N-ethyl adjacent to an activating group) is 1. The highest BCUT2D eigenvalue weighted by Crippen LogP contribution is 2.43. The number of pyridine rings is 1. The summed E-state index contributed by atoms with van der Waals surface area (Å²) < 4.78 is 1.12. The summed E-state index contributed by atoms with van der Waals surface area (Å²) >= 11 is 1.57. The number of amides is 1. The molecule has 6 nitrogen and oxygen atoms in total. The lowest BCUT2D eigenvalue weighted by atomic mass is 10.1. The minimum absolute atomic E-state index is 0.0188. The highest BCUT2D eigenvalue weighted by atomic mass is 32.1. The Kier molecular flexibility index (Phi) is 4.96. The first-order valence-electron chi connectivity index (χ1n) is 11.5. The number of carbonyl (C=O) groups excluding carboxylic acids is 1. The van der Waals surface area contributed by atoms with E-state index in [0.29, 0.717) is 0 Å². The van der Waals surface area contributed by atoms with Crippen LogP contribution in [0.5, 0.6) is 0 Å². The zero-order chi connectivity index (χ0) is 22.5. The van der Waals surface area contributed by atoms with Gasteiger partial charge in [0.25, 0.3) is 5.91 Å². The number of benzene rings is 2. The minimum Gasteiger partial charge on any atom is -0.371 e. The van der Waals surface area contributed by atoms with Gasteiger partial charge in [-0.1, -0.05) is 12.1 Å². The summed E-state index contributed by atoms with van der Waals surface area (Å²) in [6.07, 6.45) is 0. The topological polar surface area (TPSA) is 60.5 Å². The van der Waals surface area contributed by atoms with E-state index in [1.54, 1.807) is 11.3 Å². The van der Waals surface area contributed by atoms with Crippen LogP contribution in [0, 0.1) is 0 Å². The second-order valence-corrected chi connectivity index (χ2v) is 10.1. The van der Waals surface area contributed by atoms with E-state index in [9.17, 15) is 4.79 Å². The molecule has 168 valence electrons. The fourth-order valence-corrected chi connectivity index (χ4v) is 6.24. The number of aromatic nitrogens is 1. The number of rotatable bonds is 2. The van der Waals surface area contributed by atoms with Crippen LogP contribution in [-0.2, 0) is 0 Å². The largest absolute Gasteiger partial charge is 0.371 e. The predicted molar refractivity (Wildman–Crippen MR) is 138 cm³/mol. The summed E-state index contributed by atoms with van der Waals surface area (Å²) in [5.74, 6) is 0.0188. The number of thiophene rings is 1. The summed E-state index contributed by atoms with van der Waals surface area (Å²) in [7, 11) is 2.07. The van der Waals surface area contributed by atoms with Crippen molar-refractivity contribution in [3.8, 4) is 11.3 Å². The van der Waals surface area contributed by atoms with E-state index >= 15 is 0 Å². The molecule has 7 heteroatoms. The maximum Gasteiger partial charge on any atom is 0.263 e. The number of piperazine rings is 1. The third-order valence-corrected chi connectivity index (χ3v) is 7.80. The first-order chi connectivity index (χ1) is 16.1. The molecular formula is C26H27N5OS. The monoisotopic (exact) mass is 457 g/mol. The Balaban J connectivity index is 1.41. The summed E-state index contributed by atoms with van der Waals surface area (Å²) in [6.45, 7) is 6.98. The van der Waals surface area contributed by atoms with Gasteiger partial charge in [0.1, 0.15) is 4.88 Å². The Morgan fingerprint density at radius 1 is 1.03 bits per heavy atom. The molecule has 1 saturated heterocycles. The van der Waals surface area contributed by atoms with Gasteiger partial charge in [-0.15, -0.1) is 11.3 Å². The standard InChI is InChI=1S/C26H27N5OS/c1-16-15-30(2)24-23-19-7-8-20(17-3-5-18(6-4-17)31-13-11-27-12-14-31)29-21(19)9-10-22(23)33-25(24)26(32)28-16/h3-10,16,27H,11-15H2,1-2H3,(H,28,32). The SMILES string of the molecule is CC1CN(C)c2c(sc3ccc4nc(-c5ccc(N6CCNCC6)cc5)ccc4c23)C(=O)N1. The third-order valence-electron chi connectivity index (χ3n) is 6.66. The molecule has 2 aliphatic heterocycles. The van der Waals surface area contributed by atoms with E-state index in [1.165, 1.54) is 5.69 Å². The molecule has 1 unspecified atom stereocenters. The minimum atomic E-state index is 0.0188. The number of hydrogen-bond donors (Lipinski definition) is 2. The molecule has 1 atom stereocenters. The van der Waals surface area contributed by atoms with Gasteiger partial charge in [0.05, 0.1) is 16.9 Å². The van der Waals surface area contributed by atoms with Crippen LogP contribution < -0.4 is 20.4 Å². The van der Waals surface area contributed by atoms with Crippen LogP contribution in [0.3, 0.4) is 0 Å². The second-order valence-electron chi connectivity index (χ2n) is 9.02. The van der Waals surface area contributed by atoms with E-state index in [1.807, 2.05) is 6.92 Å². The van der Waals surface area contributed by atoms with Crippen LogP contribution >= 0.6 is 11.3 Å². The quantitative estimate of drug-likeness (QED) is 0.475. The maximum absolute atomic E-state index is 12.8.